The van der Waals surface area contributed by atoms with Gasteiger partial charge in [-0.3, -0.25) is 4.79 Å². The van der Waals surface area contributed by atoms with Crippen LogP contribution < -0.4 is 5.73 Å². The fourth-order valence-electron chi connectivity index (χ4n) is 3.54. The Morgan fingerprint density at radius 3 is 3.05 bits per heavy atom. The third kappa shape index (κ3) is 2.32. The van der Waals surface area contributed by atoms with Crippen molar-refractivity contribution < 1.29 is 4.79 Å². The Morgan fingerprint density at radius 2 is 2.25 bits per heavy atom. The number of aryl methyl sites for hydroxylation is 1. The van der Waals surface area contributed by atoms with Gasteiger partial charge in [-0.25, -0.2) is 0 Å². The molecule has 1 amide bonds. The van der Waals surface area contributed by atoms with Crippen molar-refractivity contribution in [3.63, 3.8) is 0 Å². The lowest BCUT2D eigenvalue weighted by atomic mass is 9.95. The Balaban J connectivity index is 1.66. The first-order chi connectivity index (χ1) is 9.70. The topological polar surface area (TPSA) is 77.0 Å². The molecule has 1 aliphatic carbocycles. The summed E-state index contributed by atoms with van der Waals surface area (Å²) in [5.74, 6) is 2.64. The van der Waals surface area contributed by atoms with Crippen LogP contribution in [0, 0.1) is 11.8 Å². The molecule has 2 unspecified atom stereocenters. The molecule has 1 saturated carbocycles. The SMILES string of the molecule is CN(Cc1nnc2n1CCC2)C(=O)C1CCCC1CN. The second kappa shape index (κ2) is 5.52. The standard InChI is InChI=1S/C14H23N5O/c1-18(14(20)11-5-2-4-10(11)8-15)9-13-17-16-12-6-3-7-19(12)13/h10-11H,2-9,15H2,1H3. The predicted molar refractivity (Wildman–Crippen MR) is 74.7 cm³/mol. The maximum absolute atomic E-state index is 12.6. The van der Waals surface area contributed by atoms with Gasteiger partial charge in [0.05, 0.1) is 6.54 Å². The van der Waals surface area contributed by atoms with Crippen molar-refractivity contribution >= 4 is 5.91 Å². The molecule has 0 saturated heterocycles. The number of carbonyl (C=O) groups is 1. The highest BCUT2D eigenvalue weighted by Gasteiger charge is 2.34. The van der Waals surface area contributed by atoms with E-state index in [0.717, 1.165) is 50.3 Å². The van der Waals surface area contributed by atoms with E-state index in [9.17, 15) is 4.79 Å². The third-order valence-corrected chi connectivity index (χ3v) is 4.72. The van der Waals surface area contributed by atoms with Gasteiger partial charge in [0.2, 0.25) is 5.91 Å². The van der Waals surface area contributed by atoms with Crippen molar-refractivity contribution in [1.82, 2.24) is 19.7 Å². The summed E-state index contributed by atoms with van der Waals surface area (Å²) in [6, 6.07) is 0. The van der Waals surface area contributed by atoms with E-state index in [1.165, 1.54) is 0 Å². The third-order valence-electron chi connectivity index (χ3n) is 4.72. The van der Waals surface area contributed by atoms with E-state index in [-0.39, 0.29) is 11.8 Å². The molecule has 2 heterocycles. The second-order valence-corrected chi connectivity index (χ2v) is 6.02. The van der Waals surface area contributed by atoms with Crippen LogP contribution in [0.25, 0.3) is 0 Å². The maximum Gasteiger partial charge on any atom is 0.226 e. The van der Waals surface area contributed by atoms with Crippen molar-refractivity contribution in [1.29, 1.82) is 0 Å². The number of nitrogens with zero attached hydrogens (tertiary/aromatic N) is 4. The molecule has 2 atom stereocenters. The van der Waals surface area contributed by atoms with Crippen LogP contribution in [0.4, 0.5) is 0 Å². The van der Waals surface area contributed by atoms with Gasteiger partial charge in [0.1, 0.15) is 5.82 Å². The molecule has 0 spiro atoms. The van der Waals surface area contributed by atoms with Gasteiger partial charge < -0.3 is 15.2 Å². The predicted octanol–water partition coefficient (Wildman–Crippen LogP) is 0.558. The molecule has 20 heavy (non-hydrogen) atoms. The second-order valence-electron chi connectivity index (χ2n) is 6.02. The summed E-state index contributed by atoms with van der Waals surface area (Å²) in [4.78, 5) is 14.4. The number of aromatic nitrogens is 3. The Hall–Kier alpha value is -1.43. The number of fused-ring (bicyclic) bond motifs is 1. The molecule has 0 radical (unpaired) electrons. The summed E-state index contributed by atoms with van der Waals surface area (Å²) in [5, 5.41) is 8.41. The first kappa shape index (κ1) is 13.5. The summed E-state index contributed by atoms with van der Waals surface area (Å²) >= 11 is 0. The minimum Gasteiger partial charge on any atom is -0.338 e. The highest BCUT2D eigenvalue weighted by Crippen LogP contribution is 2.32. The van der Waals surface area contributed by atoms with Gasteiger partial charge in [-0.2, -0.15) is 0 Å². The number of nitrogens with two attached hydrogens (primary N) is 1. The molecule has 6 heteroatoms. The largest absolute Gasteiger partial charge is 0.338 e. The van der Waals surface area contributed by atoms with Crippen LogP contribution in [0.5, 0.6) is 0 Å². The fraction of sp³-hybridized carbons (Fsp3) is 0.786. The minimum atomic E-state index is 0.103. The average molecular weight is 277 g/mol. The van der Waals surface area contributed by atoms with Crippen molar-refractivity contribution in [2.24, 2.45) is 17.6 Å². The molecule has 1 fully saturated rings. The van der Waals surface area contributed by atoms with Crippen LogP contribution >= 0.6 is 0 Å². The Bertz CT molecular complexity index is 498. The summed E-state index contributed by atoms with van der Waals surface area (Å²) < 4.78 is 2.15. The Morgan fingerprint density at radius 1 is 1.40 bits per heavy atom. The average Bonchev–Trinajstić information content (AvgIpc) is 3.14. The maximum atomic E-state index is 12.6. The van der Waals surface area contributed by atoms with Crippen LogP contribution in [-0.2, 0) is 24.3 Å². The number of rotatable bonds is 4. The van der Waals surface area contributed by atoms with Crippen LogP contribution in [-0.4, -0.2) is 39.2 Å². The highest BCUT2D eigenvalue weighted by atomic mass is 16.2. The van der Waals surface area contributed by atoms with Gasteiger partial charge in [0.25, 0.3) is 0 Å². The molecule has 6 nitrogen and oxygen atoms in total. The molecular formula is C14H23N5O. The monoisotopic (exact) mass is 277 g/mol. The normalized spacial score (nSPS) is 24.9. The summed E-state index contributed by atoms with van der Waals surface area (Å²) in [6.07, 6.45) is 5.31. The molecule has 0 bridgehead atoms. The van der Waals surface area contributed by atoms with E-state index in [2.05, 4.69) is 14.8 Å². The molecule has 110 valence electrons. The van der Waals surface area contributed by atoms with Crippen LogP contribution in [0.15, 0.2) is 0 Å². The van der Waals surface area contributed by atoms with Gasteiger partial charge in [0, 0.05) is 25.9 Å². The molecule has 2 N–H and O–H groups in total. The molecule has 1 aromatic heterocycles. The molecule has 1 aromatic rings. The lowest BCUT2D eigenvalue weighted by molar-refractivity contribution is -0.135. The Labute approximate surface area is 119 Å². The molecule has 3 rings (SSSR count). The molecule has 0 aromatic carbocycles. The number of carbonyl (C=O) groups excluding carboxylic acids is 1. The van der Waals surface area contributed by atoms with Crippen molar-refractivity contribution in [2.45, 2.75) is 45.2 Å². The molecule has 1 aliphatic heterocycles. The van der Waals surface area contributed by atoms with E-state index in [0.29, 0.717) is 19.0 Å². The van der Waals surface area contributed by atoms with Gasteiger partial charge in [-0.15, -0.1) is 10.2 Å². The highest BCUT2D eigenvalue weighted by molar-refractivity contribution is 5.79. The van der Waals surface area contributed by atoms with Gasteiger partial charge in [-0.1, -0.05) is 6.42 Å². The Kier molecular flexibility index (Phi) is 3.74. The molecule has 2 aliphatic rings. The first-order valence-electron chi connectivity index (χ1n) is 7.56. The lowest BCUT2D eigenvalue weighted by Gasteiger charge is -2.24. The van der Waals surface area contributed by atoms with E-state index in [4.69, 9.17) is 5.73 Å². The molecular weight excluding hydrogens is 254 g/mol. The van der Waals surface area contributed by atoms with Gasteiger partial charge >= 0.3 is 0 Å². The van der Waals surface area contributed by atoms with E-state index in [1.807, 2.05) is 7.05 Å². The minimum absolute atomic E-state index is 0.103. The smallest absolute Gasteiger partial charge is 0.226 e. The fourth-order valence-corrected chi connectivity index (χ4v) is 3.54. The zero-order valence-electron chi connectivity index (χ0n) is 12.1. The summed E-state index contributed by atoms with van der Waals surface area (Å²) in [7, 11) is 1.87. The first-order valence-corrected chi connectivity index (χ1v) is 7.56. The van der Waals surface area contributed by atoms with Gasteiger partial charge in [0.15, 0.2) is 5.82 Å². The lowest BCUT2D eigenvalue weighted by Crippen LogP contribution is -2.36. The van der Waals surface area contributed by atoms with E-state index in [1.54, 1.807) is 4.90 Å². The van der Waals surface area contributed by atoms with Gasteiger partial charge in [-0.05, 0) is 31.7 Å². The number of hydrogen-bond donors (Lipinski definition) is 1. The summed E-state index contributed by atoms with van der Waals surface area (Å²) in [6.45, 7) is 2.15. The summed E-state index contributed by atoms with van der Waals surface area (Å²) in [5.41, 5.74) is 5.77. The van der Waals surface area contributed by atoms with Crippen molar-refractivity contribution in [2.75, 3.05) is 13.6 Å². The van der Waals surface area contributed by atoms with Crippen LogP contribution in [0.3, 0.4) is 0 Å². The van der Waals surface area contributed by atoms with Crippen LogP contribution in [0.1, 0.15) is 37.3 Å². The van der Waals surface area contributed by atoms with E-state index >= 15 is 0 Å². The van der Waals surface area contributed by atoms with Crippen LogP contribution in [0.2, 0.25) is 0 Å². The number of amides is 1. The van der Waals surface area contributed by atoms with Crippen molar-refractivity contribution in [3.8, 4) is 0 Å². The number of hydrogen-bond acceptors (Lipinski definition) is 4. The zero-order valence-corrected chi connectivity index (χ0v) is 12.1. The quantitative estimate of drug-likeness (QED) is 0.872. The van der Waals surface area contributed by atoms with Crippen molar-refractivity contribution in [3.05, 3.63) is 11.6 Å². The zero-order chi connectivity index (χ0) is 14.1. The van der Waals surface area contributed by atoms with E-state index < -0.39 is 0 Å².